The van der Waals surface area contributed by atoms with Gasteiger partial charge in [0.2, 0.25) is 0 Å². The van der Waals surface area contributed by atoms with Crippen LogP contribution in [0.1, 0.15) is 24.3 Å². The highest BCUT2D eigenvalue weighted by molar-refractivity contribution is 5.73. The molecule has 102 valence electrons. The average Bonchev–Trinajstić information content (AvgIpc) is 2.79. The fourth-order valence-corrected chi connectivity index (χ4v) is 2.69. The molecule has 0 saturated carbocycles. The van der Waals surface area contributed by atoms with E-state index in [9.17, 15) is 0 Å². The zero-order chi connectivity index (χ0) is 13.1. The predicted octanol–water partition coefficient (Wildman–Crippen LogP) is 2.02. The standard InChI is InChI=1S/C15H21N3O/c1-11-18-14-5-4-12(9-15(14)19-11)6-8-17-13-3-2-7-16-10-13/h4-5,9,13,16-17H,2-3,6-8,10H2,1H3. The third-order valence-electron chi connectivity index (χ3n) is 3.70. The predicted molar refractivity (Wildman–Crippen MR) is 76.3 cm³/mol. The smallest absolute Gasteiger partial charge is 0.192 e. The first-order valence-electron chi connectivity index (χ1n) is 7.11. The Bertz CT molecular complexity index is 543. The van der Waals surface area contributed by atoms with E-state index < -0.39 is 0 Å². The highest BCUT2D eigenvalue weighted by Gasteiger charge is 2.11. The van der Waals surface area contributed by atoms with Gasteiger partial charge in [0.15, 0.2) is 11.5 Å². The van der Waals surface area contributed by atoms with E-state index in [2.05, 4.69) is 27.8 Å². The van der Waals surface area contributed by atoms with Crippen molar-refractivity contribution in [1.82, 2.24) is 15.6 Å². The lowest BCUT2D eigenvalue weighted by Gasteiger charge is -2.23. The molecule has 4 nitrogen and oxygen atoms in total. The van der Waals surface area contributed by atoms with Gasteiger partial charge in [0.05, 0.1) is 0 Å². The van der Waals surface area contributed by atoms with Gasteiger partial charge in [0, 0.05) is 19.5 Å². The largest absolute Gasteiger partial charge is 0.441 e. The minimum atomic E-state index is 0.630. The normalized spacial score (nSPS) is 19.9. The number of nitrogens with zero attached hydrogens (tertiary/aromatic N) is 1. The number of hydrogen-bond donors (Lipinski definition) is 2. The number of aromatic nitrogens is 1. The molecule has 19 heavy (non-hydrogen) atoms. The summed E-state index contributed by atoms with van der Waals surface area (Å²) in [5.74, 6) is 0.735. The quantitative estimate of drug-likeness (QED) is 0.882. The van der Waals surface area contributed by atoms with Crippen molar-refractivity contribution in [2.24, 2.45) is 0 Å². The van der Waals surface area contributed by atoms with Crippen LogP contribution in [0.2, 0.25) is 0 Å². The van der Waals surface area contributed by atoms with Gasteiger partial charge in [-0.2, -0.15) is 0 Å². The maximum Gasteiger partial charge on any atom is 0.192 e. The lowest BCUT2D eigenvalue weighted by Crippen LogP contribution is -2.43. The van der Waals surface area contributed by atoms with Gasteiger partial charge in [-0.05, 0) is 50.0 Å². The van der Waals surface area contributed by atoms with E-state index in [0.29, 0.717) is 6.04 Å². The van der Waals surface area contributed by atoms with Crippen LogP contribution in [0, 0.1) is 6.92 Å². The first-order valence-corrected chi connectivity index (χ1v) is 7.11. The lowest BCUT2D eigenvalue weighted by molar-refractivity contribution is 0.392. The molecule has 2 heterocycles. The Morgan fingerprint density at radius 2 is 2.42 bits per heavy atom. The van der Waals surface area contributed by atoms with Gasteiger partial charge in [-0.3, -0.25) is 0 Å². The van der Waals surface area contributed by atoms with Crippen molar-refractivity contribution in [3.8, 4) is 0 Å². The fourth-order valence-electron chi connectivity index (χ4n) is 2.69. The van der Waals surface area contributed by atoms with Crippen LogP contribution in [-0.4, -0.2) is 30.7 Å². The van der Waals surface area contributed by atoms with Gasteiger partial charge < -0.3 is 15.1 Å². The van der Waals surface area contributed by atoms with Crippen LogP contribution in [0.25, 0.3) is 11.1 Å². The summed E-state index contributed by atoms with van der Waals surface area (Å²) in [5, 5.41) is 7.04. The van der Waals surface area contributed by atoms with Crippen LogP contribution in [0.5, 0.6) is 0 Å². The molecule has 2 N–H and O–H groups in total. The summed E-state index contributed by atoms with van der Waals surface area (Å²) < 4.78 is 5.56. The number of oxazole rings is 1. The Balaban J connectivity index is 1.55. The van der Waals surface area contributed by atoms with E-state index >= 15 is 0 Å². The first-order chi connectivity index (χ1) is 9.31. The molecule has 2 aromatic rings. The van der Waals surface area contributed by atoms with Gasteiger partial charge in [-0.25, -0.2) is 4.98 Å². The second-order valence-electron chi connectivity index (χ2n) is 5.28. The van der Waals surface area contributed by atoms with E-state index in [1.54, 1.807) is 0 Å². The Hall–Kier alpha value is -1.39. The van der Waals surface area contributed by atoms with Crippen LogP contribution in [-0.2, 0) is 6.42 Å². The van der Waals surface area contributed by atoms with Crippen molar-refractivity contribution in [1.29, 1.82) is 0 Å². The molecule has 1 aromatic heterocycles. The summed E-state index contributed by atoms with van der Waals surface area (Å²) in [4.78, 5) is 4.32. The fraction of sp³-hybridized carbons (Fsp3) is 0.533. The monoisotopic (exact) mass is 259 g/mol. The molecule has 0 aliphatic carbocycles. The summed E-state index contributed by atoms with van der Waals surface area (Å²) in [6.07, 6.45) is 3.60. The number of aryl methyl sites for hydroxylation is 1. The number of benzene rings is 1. The molecule has 1 atom stereocenters. The molecule has 0 radical (unpaired) electrons. The zero-order valence-electron chi connectivity index (χ0n) is 11.4. The second-order valence-corrected chi connectivity index (χ2v) is 5.28. The van der Waals surface area contributed by atoms with Gasteiger partial charge in [0.25, 0.3) is 0 Å². The number of piperidine rings is 1. The first kappa shape index (κ1) is 12.6. The van der Waals surface area contributed by atoms with E-state index in [-0.39, 0.29) is 0 Å². The summed E-state index contributed by atoms with van der Waals surface area (Å²) in [6.45, 7) is 5.17. The third kappa shape index (κ3) is 3.14. The highest BCUT2D eigenvalue weighted by Crippen LogP contribution is 2.17. The second kappa shape index (κ2) is 5.72. The molecule has 1 saturated heterocycles. The van der Waals surface area contributed by atoms with Crippen LogP contribution in [0.3, 0.4) is 0 Å². The van der Waals surface area contributed by atoms with Crippen molar-refractivity contribution in [2.75, 3.05) is 19.6 Å². The zero-order valence-corrected chi connectivity index (χ0v) is 11.4. The SMILES string of the molecule is Cc1nc2ccc(CCNC3CCCNC3)cc2o1. The van der Waals surface area contributed by atoms with E-state index in [4.69, 9.17) is 4.42 Å². The molecule has 1 unspecified atom stereocenters. The van der Waals surface area contributed by atoms with Crippen molar-refractivity contribution in [3.05, 3.63) is 29.7 Å². The van der Waals surface area contributed by atoms with E-state index in [1.165, 1.54) is 24.9 Å². The Labute approximate surface area is 113 Å². The van der Waals surface area contributed by atoms with Crippen molar-refractivity contribution in [3.63, 3.8) is 0 Å². The molecule has 4 heteroatoms. The lowest BCUT2D eigenvalue weighted by atomic mass is 10.1. The molecule has 0 bridgehead atoms. The van der Waals surface area contributed by atoms with Crippen molar-refractivity contribution in [2.45, 2.75) is 32.2 Å². The molecule has 0 spiro atoms. The maximum atomic E-state index is 5.56. The summed E-state index contributed by atoms with van der Waals surface area (Å²) in [7, 11) is 0. The summed E-state index contributed by atoms with van der Waals surface area (Å²) in [6, 6.07) is 6.93. The van der Waals surface area contributed by atoms with Crippen LogP contribution in [0.15, 0.2) is 22.6 Å². The molecule has 1 aliphatic heterocycles. The molecular weight excluding hydrogens is 238 g/mol. The number of nitrogens with one attached hydrogen (secondary N) is 2. The van der Waals surface area contributed by atoms with Crippen LogP contribution >= 0.6 is 0 Å². The average molecular weight is 259 g/mol. The van der Waals surface area contributed by atoms with Gasteiger partial charge in [-0.1, -0.05) is 6.07 Å². The summed E-state index contributed by atoms with van der Waals surface area (Å²) >= 11 is 0. The Morgan fingerprint density at radius 3 is 3.26 bits per heavy atom. The Morgan fingerprint density at radius 1 is 1.47 bits per heavy atom. The Kier molecular flexibility index (Phi) is 3.80. The molecule has 1 aliphatic rings. The molecule has 1 aromatic carbocycles. The molecule has 3 rings (SSSR count). The van der Waals surface area contributed by atoms with Crippen LogP contribution in [0.4, 0.5) is 0 Å². The minimum Gasteiger partial charge on any atom is -0.441 e. The third-order valence-corrected chi connectivity index (χ3v) is 3.70. The van der Waals surface area contributed by atoms with Gasteiger partial charge in [-0.15, -0.1) is 0 Å². The number of rotatable bonds is 4. The van der Waals surface area contributed by atoms with Gasteiger partial charge >= 0.3 is 0 Å². The van der Waals surface area contributed by atoms with Crippen molar-refractivity contribution < 1.29 is 4.42 Å². The van der Waals surface area contributed by atoms with Crippen molar-refractivity contribution >= 4 is 11.1 Å². The minimum absolute atomic E-state index is 0.630. The molecule has 1 fully saturated rings. The van der Waals surface area contributed by atoms with Gasteiger partial charge in [0.1, 0.15) is 5.52 Å². The topological polar surface area (TPSA) is 50.1 Å². The number of hydrogen-bond acceptors (Lipinski definition) is 4. The molecular formula is C15H21N3O. The maximum absolute atomic E-state index is 5.56. The molecule has 0 amide bonds. The van der Waals surface area contributed by atoms with E-state index in [1.807, 2.05) is 13.0 Å². The van der Waals surface area contributed by atoms with E-state index in [0.717, 1.165) is 36.5 Å². The highest BCUT2D eigenvalue weighted by atomic mass is 16.3. The van der Waals surface area contributed by atoms with Crippen LogP contribution < -0.4 is 10.6 Å². The number of fused-ring (bicyclic) bond motifs is 1. The summed E-state index contributed by atoms with van der Waals surface area (Å²) in [5.41, 5.74) is 3.15.